The van der Waals surface area contributed by atoms with Gasteiger partial charge < -0.3 is 10.1 Å². The van der Waals surface area contributed by atoms with E-state index in [-0.39, 0.29) is 11.4 Å². The average molecular weight is 341 g/mol. The van der Waals surface area contributed by atoms with Gasteiger partial charge in [0.25, 0.3) is 5.91 Å². The minimum atomic E-state index is -0.674. The lowest BCUT2D eigenvalue weighted by Crippen LogP contribution is -2.24. The molecule has 1 aliphatic rings. The summed E-state index contributed by atoms with van der Waals surface area (Å²) < 4.78 is 18.5. The first-order valence-corrected chi connectivity index (χ1v) is 7.97. The molecule has 2 aromatic heterocycles. The van der Waals surface area contributed by atoms with E-state index in [0.717, 1.165) is 35.5 Å². The summed E-state index contributed by atoms with van der Waals surface area (Å²) in [6.45, 7) is 0.294. The second kappa shape index (κ2) is 6.12. The first kappa shape index (κ1) is 15.5. The number of fused-ring (bicyclic) bond motifs is 1. The van der Waals surface area contributed by atoms with Crippen LogP contribution in [-0.4, -0.2) is 33.4 Å². The van der Waals surface area contributed by atoms with Gasteiger partial charge in [-0.25, -0.2) is 9.37 Å². The number of carbonyl (C=O) groups excluding carboxylic acids is 1. The number of aromatic nitrogens is 4. The number of halogens is 1. The molecule has 1 aromatic carbocycles. The minimum absolute atomic E-state index is 0.138. The molecule has 0 spiro atoms. The molecular formula is C17H16FN5O2. The van der Waals surface area contributed by atoms with Gasteiger partial charge in [-0.1, -0.05) is 11.3 Å². The van der Waals surface area contributed by atoms with Crippen molar-refractivity contribution in [1.29, 1.82) is 0 Å². The Morgan fingerprint density at radius 3 is 3.00 bits per heavy atom. The van der Waals surface area contributed by atoms with E-state index in [1.165, 1.54) is 18.9 Å². The number of aromatic amines is 1. The number of pyridine rings is 1. The molecule has 8 heteroatoms. The first-order valence-electron chi connectivity index (χ1n) is 7.97. The number of amides is 1. The molecule has 2 N–H and O–H groups in total. The third-order valence-electron chi connectivity index (χ3n) is 4.35. The lowest BCUT2D eigenvalue weighted by molar-refractivity contribution is 0.0950. The van der Waals surface area contributed by atoms with Crippen molar-refractivity contribution in [3.05, 3.63) is 46.9 Å². The third-order valence-corrected chi connectivity index (χ3v) is 4.35. The Balaban J connectivity index is 1.57. The van der Waals surface area contributed by atoms with E-state index in [9.17, 15) is 9.18 Å². The highest BCUT2D eigenvalue weighted by Gasteiger charge is 2.27. The number of methoxy groups -OCH3 is 1. The first-order chi connectivity index (χ1) is 12.2. The van der Waals surface area contributed by atoms with Crippen LogP contribution in [0.1, 0.15) is 40.2 Å². The van der Waals surface area contributed by atoms with E-state index >= 15 is 0 Å². The van der Waals surface area contributed by atoms with Crippen molar-refractivity contribution in [2.45, 2.75) is 25.3 Å². The molecule has 0 radical (unpaired) electrons. The largest absolute Gasteiger partial charge is 0.479 e. The third kappa shape index (κ3) is 2.90. The number of hydrogen-bond donors (Lipinski definition) is 2. The highest BCUT2D eigenvalue weighted by molar-refractivity contribution is 5.94. The summed E-state index contributed by atoms with van der Waals surface area (Å²) in [7, 11) is 1.32. The number of hydrogen-bond acceptors (Lipinski definition) is 5. The fraction of sp³-hybridized carbons (Fsp3) is 0.294. The molecule has 0 saturated heterocycles. The topological polar surface area (TPSA) is 92.8 Å². The van der Waals surface area contributed by atoms with E-state index in [1.54, 1.807) is 0 Å². The zero-order valence-electron chi connectivity index (χ0n) is 13.5. The maximum absolute atomic E-state index is 13.7. The van der Waals surface area contributed by atoms with Crippen molar-refractivity contribution in [3.8, 4) is 5.88 Å². The summed E-state index contributed by atoms with van der Waals surface area (Å²) in [5, 5.41) is 13.6. The number of rotatable bonds is 5. The molecular weight excluding hydrogens is 325 g/mol. The Morgan fingerprint density at radius 1 is 1.44 bits per heavy atom. The fourth-order valence-corrected chi connectivity index (χ4v) is 2.92. The Morgan fingerprint density at radius 2 is 2.28 bits per heavy atom. The van der Waals surface area contributed by atoms with Gasteiger partial charge in [0.1, 0.15) is 5.52 Å². The molecule has 0 atom stereocenters. The van der Waals surface area contributed by atoms with Gasteiger partial charge >= 0.3 is 0 Å². The lowest BCUT2D eigenvalue weighted by atomic mass is 10.0. The maximum atomic E-state index is 13.7. The van der Waals surface area contributed by atoms with Gasteiger partial charge in [0.15, 0.2) is 5.82 Å². The van der Waals surface area contributed by atoms with Gasteiger partial charge in [-0.2, -0.15) is 0 Å². The molecule has 1 fully saturated rings. The van der Waals surface area contributed by atoms with Crippen LogP contribution in [0, 0.1) is 5.82 Å². The fourth-order valence-electron chi connectivity index (χ4n) is 2.92. The molecule has 0 aliphatic heterocycles. The molecule has 0 bridgehead atoms. The molecule has 4 rings (SSSR count). The summed E-state index contributed by atoms with van der Waals surface area (Å²) in [5.74, 6) is -0.711. The quantitative estimate of drug-likeness (QED) is 0.743. The molecule has 0 unspecified atom stereocenters. The SMILES string of the molecule is COc1ncc(C(=O)NCc2c(C3CC3)ccc3[nH]nnc23)cc1F. The molecule has 2 heterocycles. The number of H-pyrrole nitrogens is 1. The van der Waals surface area contributed by atoms with Crippen molar-refractivity contribution in [1.82, 2.24) is 25.7 Å². The zero-order valence-corrected chi connectivity index (χ0v) is 13.5. The van der Waals surface area contributed by atoms with Crippen molar-refractivity contribution < 1.29 is 13.9 Å². The van der Waals surface area contributed by atoms with Crippen LogP contribution in [0.5, 0.6) is 5.88 Å². The van der Waals surface area contributed by atoms with Gasteiger partial charge in [-0.3, -0.25) is 9.89 Å². The molecule has 128 valence electrons. The van der Waals surface area contributed by atoms with Gasteiger partial charge in [-0.15, -0.1) is 5.10 Å². The van der Waals surface area contributed by atoms with E-state index in [4.69, 9.17) is 4.74 Å². The Hall–Kier alpha value is -3.03. The number of ether oxygens (including phenoxy) is 1. The van der Waals surface area contributed by atoms with Crippen molar-refractivity contribution in [2.24, 2.45) is 0 Å². The molecule has 7 nitrogen and oxygen atoms in total. The van der Waals surface area contributed by atoms with Crippen molar-refractivity contribution in [3.63, 3.8) is 0 Å². The summed E-state index contributed by atoms with van der Waals surface area (Å²) in [6, 6.07) is 5.12. The van der Waals surface area contributed by atoms with Crippen LogP contribution < -0.4 is 10.1 Å². The highest BCUT2D eigenvalue weighted by atomic mass is 19.1. The molecule has 1 saturated carbocycles. The Labute approximate surface area is 142 Å². The minimum Gasteiger partial charge on any atom is -0.479 e. The summed E-state index contributed by atoms with van der Waals surface area (Å²) in [6.07, 6.45) is 3.56. The summed E-state index contributed by atoms with van der Waals surface area (Å²) in [4.78, 5) is 16.1. The number of nitrogens with zero attached hydrogens (tertiary/aromatic N) is 3. The molecule has 25 heavy (non-hydrogen) atoms. The second-order valence-electron chi connectivity index (χ2n) is 6.01. The maximum Gasteiger partial charge on any atom is 0.253 e. The Bertz CT molecular complexity index is 951. The van der Waals surface area contributed by atoms with E-state index in [2.05, 4.69) is 31.8 Å². The van der Waals surface area contributed by atoms with Crippen LogP contribution in [0.2, 0.25) is 0 Å². The smallest absolute Gasteiger partial charge is 0.253 e. The van der Waals surface area contributed by atoms with Gasteiger partial charge in [-0.05, 0) is 36.5 Å². The lowest BCUT2D eigenvalue weighted by Gasteiger charge is -2.11. The van der Waals surface area contributed by atoms with Gasteiger partial charge in [0.05, 0.1) is 18.2 Å². The van der Waals surface area contributed by atoms with Crippen LogP contribution >= 0.6 is 0 Å². The second-order valence-corrected chi connectivity index (χ2v) is 6.01. The van der Waals surface area contributed by atoms with Gasteiger partial charge in [0.2, 0.25) is 5.88 Å². The molecule has 1 aliphatic carbocycles. The molecule has 1 amide bonds. The van der Waals surface area contributed by atoms with Crippen LogP contribution in [-0.2, 0) is 6.54 Å². The van der Waals surface area contributed by atoms with E-state index in [0.29, 0.717) is 12.5 Å². The summed E-state index contributed by atoms with van der Waals surface area (Å²) >= 11 is 0. The van der Waals surface area contributed by atoms with Crippen LogP contribution in [0.25, 0.3) is 11.0 Å². The van der Waals surface area contributed by atoms with Crippen LogP contribution in [0.4, 0.5) is 4.39 Å². The number of nitrogens with one attached hydrogen (secondary N) is 2. The normalized spacial score (nSPS) is 13.8. The standard InChI is InChI=1S/C17H16FN5O2/c1-25-17-13(18)6-10(7-20-17)16(24)19-8-12-11(9-2-3-9)4-5-14-15(12)22-23-21-14/h4-7,9H,2-3,8H2,1H3,(H,19,24)(H,21,22,23). The number of benzene rings is 1. The monoisotopic (exact) mass is 341 g/mol. The highest BCUT2D eigenvalue weighted by Crippen LogP contribution is 2.42. The van der Waals surface area contributed by atoms with Crippen molar-refractivity contribution >= 4 is 16.9 Å². The number of carbonyl (C=O) groups is 1. The zero-order chi connectivity index (χ0) is 17.4. The average Bonchev–Trinajstić information content (AvgIpc) is 3.35. The van der Waals surface area contributed by atoms with Crippen LogP contribution in [0.15, 0.2) is 24.4 Å². The predicted molar refractivity (Wildman–Crippen MR) is 87.8 cm³/mol. The van der Waals surface area contributed by atoms with E-state index in [1.807, 2.05) is 6.07 Å². The van der Waals surface area contributed by atoms with E-state index < -0.39 is 11.7 Å². The van der Waals surface area contributed by atoms with Crippen LogP contribution in [0.3, 0.4) is 0 Å². The predicted octanol–water partition coefficient (Wildman–Crippen LogP) is 2.31. The Kier molecular flexibility index (Phi) is 3.79. The van der Waals surface area contributed by atoms with Crippen molar-refractivity contribution in [2.75, 3.05) is 7.11 Å². The summed E-state index contributed by atoms with van der Waals surface area (Å²) in [5.41, 5.74) is 3.85. The van der Waals surface area contributed by atoms with Gasteiger partial charge in [0, 0.05) is 18.3 Å². The molecule has 3 aromatic rings.